The topological polar surface area (TPSA) is 56.4 Å². The van der Waals surface area contributed by atoms with Crippen molar-refractivity contribution in [2.45, 2.75) is 19.3 Å². The highest BCUT2D eigenvalue weighted by molar-refractivity contribution is 6.06. The predicted octanol–water partition coefficient (Wildman–Crippen LogP) is 4.35. The Morgan fingerprint density at radius 2 is 1.56 bits per heavy atom. The number of benzene rings is 2. The van der Waals surface area contributed by atoms with E-state index in [-0.39, 0.29) is 11.3 Å². The number of carbonyl (C=O) groups excluding carboxylic acids is 2. The highest BCUT2D eigenvalue weighted by Gasteiger charge is 2.44. The summed E-state index contributed by atoms with van der Waals surface area (Å²) >= 11 is 0. The Bertz CT molecular complexity index is 1220. The number of likely N-dealkylation sites (tertiary alicyclic amines) is 2. The Balaban J connectivity index is 1.34. The molecular formula is C24H22F3N3O2. The summed E-state index contributed by atoms with van der Waals surface area (Å²) in [6.07, 6.45) is 4.12. The number of aromatic nitrogens is 1. The lowest BCUT2D eigenvalue weighted by atomic mass is 9.79. The van der Waals surface area contributed by atoms with Crippen LogP contribution in [0.2, 0.25) is 0 Å². The van der Waals surface area contributed by atoms with E-state index in [2.05, 4.69) is 4.98 Å². The van der Waals surface area contributed by atoms with Gasteiger partial charge in [0.25, 0.3) is 11.8 Å². The molecule has 1 unspecified atom stereocenters. The summed E-state index contributed by atoms with van der Waals surface area (Å²) in [6, 6.07) is 8.48. The fourth-order valence-corrected chi connectivity index (χ4v) is 5.12. The smallest absolute Gasteiger partial charge is 0.256 e. The number of piperidine rings is 1. The molecular weight excluding hydrogens is 419 g/mol. The van der Waals surface area contributed by atoms with Gasteiger partial charge in [0.05, 0.1) is 5.56 Å². The minimum atomic E-state index is -1.32. The number of amides is 2. The molecule has 2 saturated heterocycles. The van der Waals surface area contributed by atoms with E-state index in [1.807, 2.05) is 29.2 Å². The maximum atomic E-state index is 14.1. The van der Waals surface area contributed by atoms with Crippen LogP contribution >= 0.6 is 0 Å². The van der Waals surface area contributed by atoms with Crippen molar-refractivity contribution in [1.82, 2.24) is 14.8 Å². The van der Waals surface area contributed by atoms with E-state index in [1.165, 1.54) is 4.90 Å². The normalized spacial score (nSPS) is 21.0. The minimum Gasteiger partial charge on any atom is -0.361 e. The largest absolute Gasteiger partial charge is 0.361 e. The molecule has 5 nitrogen and oxygen atoms in total. The molecule has 5 rings (SSSR count). The molecule has 1 aromatic heterocycles. The number of hydrogen-bond donors (Lipinski definition) is 1. The Hall–Kier alpha value is -3.29. The number of halogens is 3. The lowest BCUT2D eigenvalue weighted by molar-refractivity contribution is 0.0517. The average molecular weight is 441 g/mol. The van der Waals surface area contributed by atoms with Gasteiger partial charge in [0.1, 0.15) is 5.82 Å². The number of nitrogens with zero attached hydrogens (tertiary/aromatic N) is 2. The van der Waals surface area contributed by atoms with E-state index in [4.69, 9.17) is 0 Å². The molecule has 0 radical (unpaired) electrons. The minimum absolute atomic E-state index is 0.0503. The van der Waals surface area contributed by atoms with Gasteiger partial charge < -0.3 is 14.8 Å². The van der Waals surface area contributed by atoms with Crippen LogP contribution in [0.5, 0.6) is 0 Å². The zero-order chi connectivity index (χ0) is 22.5. The second-order valence-electron chi connectivity index (χ2n) is 8.80. The van der Waals surface area contributed by atoms with Crippen molar-refractivity contribution in [2.75, 3.05) is 26.2 Å². The van der Waals surface area contributed by atoms with E-state index in [1.54, 1.807) is 6.20 Å². The van der Waals surface area contributed by atoms with E-state index in [0.29, 0.717) is 50.3 Å². The van der Waals surface area contributed by atoms with E-state index in [0.717, 1.165) is 23.7 Å². The monoisotopic (exact) mass is 441 g/mol. The van der Waals surface area contributed by atoms with Crippen LogP contribution in [-0.2, 0) is 0 Å². The van der Waals surface area contributed by atoms with Gasteiger partial charge in [-0.3, -0.25) is 9.59 Å². The van der Waals surface area contributed by atoms with Gasteiger partial charge in [-0.1, -0.05) is 6.07 Å². The first kappa shape index (κ1) is 20.6. The van der Waals surface area contributed by atoms with Gasteiger partial charge in [-0.25, -0.2) is 13.2 Å². The van der Waals surface area contributed by atoms with E-state index in [9.17, 15) is 22.8 Å². The summed E-state index contributed by atoms with van der Waals surface area (Å²) in [6.45, 7) is 1.86. The van der Waals surface area contributed by atoms with Gasteiger partial charge >= 0.3 is 0 Å². The molecule has 2 aromatic carbocycles. The molecule has 1 spiro atoms. The van der Waals surface area contributed by atoms with Crippen molar-refractivity contribution in [1.29, 1.82) is 0 Å². The number of aromatic amines is 1. The summed E-state index contributed by atoms with van der Waals surface area (Å²) < 4.78 is 40.9. The fraction of sp³-hybridized carbons (Fsp3) is 0.333. The zero-order valence-electron chi connectivity index (χ0n) is 17.3. The summed E-state index contributed by atoms with van der Waals surface area (Å²) in [5.74, 6) is -4.35. The van der Waals surface area contributed by atoms with Gasteiger partial charge in [-0.2, -0.15) is 0 Å². The molecule has 2 aliphatic heterocycles. The van der Waals surface area contributed by atoms with Crippen LogP contribution in [0.25, 0.3) is 10.9 Å². The van der Waals surface area contributed by atoms with Crippen LogP contribution in [0.1, 0.15) is 40.0 Å². The van der Waals surface area contributed by atoms with Crippen molar-refractivity contribution < 1.29 is 22.8 Å². The lowest BCUT2D eigenvalue weighted by Gasteiger charge is -2.40. The van der Waals surface area contributed by atoms with Crippen LogP contribution in [0.3, 0.4) is 0 Å². The SMILES string of the molecule is O=C(c1cc(F)c(F)cc1F)N1CCC2(CCCN(C(=O)c3cccc4[nH]ccc34)C2)C1. The number of H-pyrrole nitrogens is 1. The summed E-state index contributed by atoms with van der Waals surface area (Å²) in [5, 5.41) is 0.870. The third-order valence-electron chi connectivity index (χ3n) is 6.74. The van der Waals surface area contributed by atoms with Crippen LogP contribution < -0.4 is 0 Å². The molecule has 0 saturated carbocycles. The number of rotatable bonds is 2. The molecule has 3 heterocycles. The Labute approximate surface area is 182 Å². The standard InChI is InChI=1S/C24H22F3N3O2/c25-18-12-20(27)19(26)11-17(18)23(32)30-10-7-24(14-30)6-2-9-29(13-24)22(31)16-3-1-4-21-15(16)5-8-28-21/h1,3-5,8,11-12,28H,2,6-7,9-10,13-14H2. The third-order valence-corrected chi connectivity index (χ3v) is 6.74. The molecule has 32 heavy (non-hydrogen) atoms. The highest BCUT2D eigenvalue weighted by Crippen LogP contribution is 2.40. The molecule has 3 aromatic rings. The van der Waals surface area contributed by atoms with Crippen LogP contribution in [0.15, 0.2) is 42.6 Å². The lowest BCUT2D eigenvalue weighted by Crippen LogP contribution is -2.47. The Kier molecular flexibility index (Phi) is 4.95. The quantitative estimate of drug-likeness (QED) is 0.601. The van der Waals surface area contributed by atoms with E-state index >= 15 is 0 Å². The van der Waals surface area contributed by atoms with Gasteiger partial charge in [0.15, 0.2) is 11.6 Å². The number of fused-ring (bicyclic) bond motifs is 1. The Morgan fingerprint density at radius 1 is 0.844 bits per heavy atom. The first-order chi connectivity index (χ1) is 15.4. The molecule has 8 heteroatoms. The highest BCUT2D eigenvalue weighted by atomic mass is 19.2. The van der Waals surface area contributed by atoms with Gasteiger partial charge in [0, 0.05) is 60.3 Å². The molecule has 166 valence electrons. The first-order valence-corrected chi connectivity index (χ1v) is 10.7. The number of carbonyl (C=O) groups is 2. The van der Waals surface area contributed by atoms with Crippen molar-refractivity contribution in [3.63, 3.8) is 0 Å². The molecule has 1 N–H and O–H groups in total. The van der Waals surface area contributed by atoms with Gasteiger partial charge in [0.2, 0.25) is 0 Å². The second kappa shape index (κ2) is 7.69. The van der Waals surface area contributed by atoms with Gasteiger partial charge in [-0.15, -0.1) is 0 Å². The van der Waals surface area contributed by atoms with Crippen molar-refractivity contribution >= 4 is 22.7 Å². The maximum Gasteiger partial charge on any atom is 0.256 e. The molecule has 2 amide bonds. The summed E-state index contributed by atoms with van der Waals surface area (Å²) in [4.78, 5) is 32.6. The zero-order valence-corrected chi connectivity index (χ0v) is 17.3. The predicted molar refractivity (Wildman–Crippen MR) is 113 cm³/mol. The third kappa shape index (κ3) is 3.43. The van der Waals surface area contributed by atoms with Crippen molar-refractivity contribution in [3.05, 3.63) is 71.2 Å². The molecule has 2 aliphatic rings. The molecule has 2 fully saturated rings. The van der Waals surface area contributed by atoms with Crippen LogP contribution in [-0.4, -0.2) is 52.8 Å². The Morgan fingerprint density at radius 3 is 2.38 bits per heavy atom. The second-order valence-corrected chi connectivity index (χ2v) is 8.80. The first-order valence-electron chi connectivity index (χ1n) is 10.7. The molecule has 1 atom stereocenters. The van der Waals surface area contributed by atoms with Gasteiger partial charge in [-0.05, 0) is 43.5 Å². The van der Waals surface area contributed by atoms with Crippen LogP contribution in [0.4, 0.5) is 13.2 Å². The van der Waals surface area contributed by atoms with Crippen LogP contribution in [0, 0.1) is 22.9 Å². The van der Waals surface area contributed by atoms with Crippen molar-refractivity contribution in [3.8, 4) is 0 Å². The van der Waals surface area contributed by atoms with Crippen molar-refractivity contribution in [2.24, 2.45) is 5.41 Å². The van der Waals surface area contributed by atoms with E-state index < -0.39 is 28.9 Å². The summed E-state index contributed by atoms with van der Waals surface area (Å²) in [5.41, 5.74) is 0.776. The molecule has 0 aliphatic carbocycles. The average Bonchev–Trinajstić information content (AvgIpc) is 3.42. The summed E-state index contributed by atoms with van der Waals surface area (Å²) in [7, 11) is 0. The number of nitrogens with one attached hydrogen (secondary N) is 1. The molecule has 0 bridgehead atoms. The maximum absolute atomic E-state index is 14.1. The number of hydrogen-bond acceptors (Lipinski definition) is 2. The fourth-order valence-electron chi connectivity index (χ4n) is 5.12.